The Bertz CT molecular complexity index is 849. The van der Waals surface area contributed by atoms with Crippen molar-refractivity contribution in [3.05, 3.63) is 58.6 Å². The van der Waals surface area contributed by atoms with Gasteiger partial charge in [-0.1, -0.05) is 17.7 Å². The van der Waals surface area contributed by atoms with Gasteiger partial charge in [-0.25, -0.2) is 4.79 Å². The summed E-state index contributed by atoms with van der Waals surface area (Å²) in [6.07, 6.45) is 0. The van der Waals surface area contributed by atoms with Gasteiger partial charge in [0.15, 0.2) is 5.11 Å². The van der Waals surface area contributed by atoms with Gasteiger partial charge in [-0.15, -0.1) is 0 Å². The molecule has 0 amide bonds. The van der Waals surface area contributed by atoms with E-state index in [4.69, 9.17) is 28.6 Å². The van der Waals surface area contributed by atoms with E-state index in [1.807, 2.05) is 24.3 Å². The van der Waals surface area contributed by atoms with E-state index >= 15 is 0 Å². The number of nitrogens with zero attached hydrogens (tertiary/aromatic N) is 2. The minimum atomic E-state index is -0.316. The number of rotatable bonds is 4. The molecular formula is C21H24ClN3O2S. The van der Waals surface area contributed by atoms with Gasteiger partial charge in [0.25, 0.3) is 0 Å². The summed E-state index contributed by atoms with van der Waals surface area (Å²) in [4.78, 5) is 16.2. The van der Waals surface area contributed by atoms with Crippen molar-refractivity contribution in [2.75, 3.05) is 43.0 Å². The number of carbonyl (C=O) groups excluding carboxylic acids is 1. The van der Waals surface area contributed by atoms with Gasteiger partial charge in [-0.05, 0) is 68.0 Å². The molecule has 0 aromatic heterocycles. The van der Waals surface area contributed by atoms with Crippen LogP contribution in [0.15, 0.2) is 42.5 Å². The molecule has 1 N–H and O–H groups in total. The van der Waals surface area contributed by atoms with Gasteiger partial charge in [0, 0.05) is 42.6 Å². The lowest BCUT2D eigenvalue weighted by molar-refractivity contribution is 0.0526. The maximum Gasteiger partial charge on any atom is 0.338 e. The van der Waals surface area contributed by atoms with Crippen LogP contribution < -0.4 is 10.2 Å². The third-order valence-electron chi connectivity index (χ3n) is 4.73. The lowest BCUT2D eigenvalue weighted by Crippen LogP contribution is -2.50. The zero-order valence-electron chi connectivity index (χ0n) is 16.1. The first-order chi connectivity index (χ1) is 13.5. The molecule has 2 aromatic rings. The first kappa shape index (κ1) is 20.4. The Kier molecular flexibility index (Phi) is 6.75. The molecule has 0 bridgehead atoms. The Morgan fingerprint density at radius 1 is 1.14 bits per heavy atom. The number of anilines is 2. The van der Waals surface area contributed by atoms with Crippen molar-refractivity contribution in [1.82, 2.24) is 4.90 Å². The molecule has 0 aliphatic carbocycles. The summed E-state index contributed by atoms with van der Waals surface area (Å²) in [5, 5.41) is 4.69. The minimum absolute atomic E-state index is 0.316. The van der Waals surface area contributed by atoms with E-state index in [2.05, 4.69) is 28.1 Å². The van der Waals surface area contributed by atoms with Crippen LogP contribution in [0.25, 0.3) is 0 Å². The fourth-order valence-corrected chi connectivity index (χ4v) is 3.65. The third kappa shape index (κ3) is 4.94. The molecule has 5 nitrogen and oxygen atoms in total. The quantitative estimate of drug-likeness (QED) is 0.589. The van der Waals surface area contributed by atoms with Crippen molar-refractivity contribution in [2.24, 2.45) is 0 Å². The number of esters is 1. The van der Waals surface area contributed by atoms with E-state index in [1.165, 1.54) is 11.3 Å². The van der Waals surface area contributed by atoms with Gasteiger partial charge in [0.05, 0.1) is 12.2 Å². The van der Waals surface area contributed by atoms with Gasteiger partial charge < -0.3 is 19.9 Å². The summed E-state index contributed by atoms with van der Waals surface area (Å²) < 4.78 is 5.00. The summed E-state index contributed by atoms with van der Waals surface area (Å²) in [6.45, 7) is 7.68. The van der Waals surface area contributed by atoms with Crippen LogP contribution in [-0.2, 0) is 4.74 Å². The van der Waals surface area contributed by atoms with Crippen molar-refractivity contribution in [3.8, 4) is 0 Å². The van der Waals surface area contributed by atoms with E-state index in [0.29, 0.717) is 17.3 Å². The number of aryl methyl sites for hydroxylation is 1. The van der Waals surface area contributed by atoms with Crippen molar-refractivity contribution in [3.63, 3.8) is 0 Å². The number of hydrogen-bond acceptors (Lipinski definition) is 4. The average Bonchev–Trinajstić information content (AvgIpc) is 2.70. The second-order valence-electron chi connectivity index (χ2n) is 6.63. The Labute approximate surface area is 176 Å². The molecule has 0 radical (unpaired) electrons. The Balaban J connectivity index is 1.55. The molecule has 3 rings (SSSR count). The number of halogens is 1. The molecule has 1 aliphatic heterocycles. The molecule has 0 saturated carbocycles. The van der Waals surface area contributed by atoms with Crippen LogP contribution in [0.2, 0.25) is 5.02 Å². The summed E-state index contributed by atoms with van der Waals surface area (Å²) in [6, 6.07) is 13.1. The molecular weight excluding hydrogens is 394 g/mol. The van der Waals surface area contributed by atoms with E-state index in [9.17, 15) is 4.79 Å². The minimum Gasteiger partial charge on any atom is -0.462 e. The number of benzene rings is 2. The largest absolute Gasteiger partial charge is 0.462 e. The van der Waals surface area contributed by atoms with Crippen LogP contribution in [0.1, 0.15) is 22.8 Å². The topological polar surface area (TPSA) is 44.8 Å². The van der Waals surface area contributed by atoms with Crippen LogP contribution in [0, 0.1) is 6.92 Å². The molecule has 1 aliphatic rings. The highest BCUT2D eigenvalue weighted by atomic mass is 35.5. The van der Waals surface area contributed by atoms with Gasteiger partial charge in [-0.2, -0.15) is 0 Å². The molecule has 1 fully saturated rings. The highest BCUT2D eigenvalue weighted by Crippen LogP contribution is 2.25. The van der Waals surface area contributed by atoms with Crippen molar-refractivity contribution < 1.29 is 9.53 Å². The van der Waals surface area contributed by atoms with Crippen LogP contribution >= 0.6 is 23.8 Å². The van der Waals surface area contributed by atoms with Crippen LogP contribution in [0.5, 0.6) is 0 Å². The maximum atomic E-state index is 11.7. The monoisotopic (exact) mass is 417 g/mol. The Morgan fingerprint density at radius 2 is 1.82 bits per heavy atom. The molecule has 1 heterocycles. The second-order valence-corrected chi connectivity index (χ2v) is 7.46. The van der Waals surface area contributed by atoms with Crippen molar-refractivity contribution in [1.29, 1.82) is 0 Å². The first-order valence-corrected chi connectivity index (χ1v) is 10.1. The number of hydrogen-bond donors (Lipinski definition) is 1. The van der Waals surface area contributed by atoms with Crippen LogP contribution in [-0.4, -0.2) is 48.8 Å². The molecule has 0 atom stereocenters. The van der Waals surface area contributed by atoms with Crippen molar-refractivity contribution in [2.45, 2.75) is 13.8 Å². The number of nitrogens with one attached hydrogen (secondary N) is 1. The van der Waals surface area contributed by atoms with E-state index < -0.39 is 0 Å². The third-order valence-corrected chi connectivity index (χ3v) is 5.32. The highest BCUT2D eigenvalue weighted by molar-refractivity contribution is 7.80. The summed E-state index contributed by atoms with van der Waals surface area (Å²) >= 11 is 11.7. The van der Waals surface area contributed by atoms with E-state index in [-0.39, 0.29) is 5.97 Å². The summed E-state index contributed by atoms with van der Waals surface area (Å²) in [7, 11) is 0. The smallest absolute Gasteiger partial charge is 0.338 e. The number of thiocarbonyl (C=S) groups is 1. The normalized spacial score (nSPS) is 14.0. The van der Waals surface area contributed by atoms with Gasteiger partial charge in [0.1, 0.15) is 0 Å². The molecule has 28 heavy (non-hydrogen) atoms. The Morgan fingerprint density at radius 3 is 2.46 bits per heavy atom. The van der Waals surface area contributed by atoms with E-state index in [0.717, 1.165) is 36.9 Å². The predicted molar refractivity (Wildman–Crippen MR) is 119 cm³/mol. The molecule has 1 saturated heterocycles. The van der Waals surface area contributed by atoms with Crippen LogP contribution in [0.3, 0.4) is 0 Å². The van der Waals surface area contributed by atoms with Gasteiger partial charge in [0.2, 0.25) is 0 Å². The molecule has 148 valence electrons. The van der Waals surface area contributed by atoms with E-state index in [1.54, 1.807) is 19.1 Å². The molecule has 0 spiro atoms. The fourth-order valence-electron chi connectivity index (χ4n) is 3.18. The lowest BCUT2D eigenvalue weighted by Gasteiger charge is -2.38. The fraction of sp³-hybridized carbons (Fsp3) is 0.333. The molecule has 7 heteroatoms. The lowest BCUT2D eigenvalue weighted by atomic mass is 10.1. The maximum absolute atomic E-state index is 11.7. The summed E-state index contributed by atoms with van der Waals surface area (Å²) in [5.41, 5.74) is 3.79. The standard InChI is InChI=1S/C21H24ClN3O2S/c1-3-27-20(26)16-5-8-18(9-6-16)23-21(28)25-12-10-24(11-13-25)19-14-17(22)7-4-15(19)2/h4-9,14H,3,10-13H2,1-2H3,(H,23,28). The zero-order valence-corrected chi connectivity index (χ0v) is 17.6. The summed E-state index contributed by atoms with van der Waals surface area (Å²) in [5.74, 6) is -0.316. The number of ether oxygens (including phenoxy) is 1. The molecule has 2 aromatic carbocycles. The van der Waals surface area contributed by atoms with Crippen LogP contribution in [0.4, 0.5) is 11.4 Å². The Hall–Kier alpha value is -2.31. The number of piperazine rings is 1. The number of carbonyl (C=O) groups is 1. The van der Waals surface area contributed by atoms with Crippen molar-refractivity contribution >= 4 is 46.3 Å². The SMILES string of the molecule is CCOC(=O)c1ccc(NC(=S)N2CCN(c3cc(Cl)ccc3C)CC2)cc1. The molecule has 0 unspecified atom stereocenters. The first-order valence-electron chi connectivity index (χ1n) is 9.32. The predicted octanol–water partition coefficient (Wildman–Crippen LogP) is 4.34. The van der Waals surface area contributed by atoms with Gasteiger partial charge in [-0.3, -0.25) is 0 Å². The van der Waals surface area contributed by atoms with Gasteiger partial charge >= 0.3 is 5.97 Å². The second kappa shape index (κ2) is 9.26. The highest BCUT2D eigenvalue weighted by Gasteiger charge is 2.20. The zero-order chi connectivity index (χ0) is 20.1. The average molecular weight is 418 g/mol.